The van der Waals surface area contributed by atoms with Crippen molar-refractivity contribution in [2.45, 2.75) is 26.2 Å². The van der Waals surface area contributed by atoms with Gasteiger partial charge in [-0.1, -0.05) is 39.0 Å². The summed E-state index contributed by atoms with van der Waals surface area (Å²) in [7, 11) is 0. The molecule has 0 atom stereocenters. The number of hydrogen-bond donors (Lipinski definition) is 1. The predicted molar refractivity (Wildman–Crippen MR) is 69.3 cm³/mol. The van der Waals surface area contributed by atoms with E-state index >= 15 is 0 Å². The lowest BCUT2D eigenvalue weighted by atomic mass is 9.86. The minimum absolute atomic E-state index is 0.150. The Hall–Kier alpha value is -0.950. The van der Waals surface area contributed by atoms with Crippen LogP contribution in [0.15, 0.2) is 24.3 Å². The summed E-state index contributed by atoms with van der Waals surface area (Å²) in [4.78, 5) is 0. The quantitative estimate of drug-likeness (QED) is 0.599. The molecule has 0 aliphatic carbocycles. The maximum absolute atomic E-state index is 5.88. The number of halogens is 1. The second-order valence-corrected chi connectivity index (χ2v) is 4.96. The van der Waals surface area contributed by atoms with E-state index in [1.807, 2.05) is 18.2 Å². The Balaban J connectivity index is 3.11. The van der Waals surface area contributed by atoms with E-state index in [-0.39, 0.29) is 5.41 Å². The Labute approximate surface area is 96.9 Å². The summed E-state index contributed by atoms with van der Waals surface area (Å²) in [5, 5.41) is 0. The summed E-state index contributed by atoms with van der Waals surface area (Å²) in [6.07, 6.45) is 3.87. The van der Waals surface area contributed by atoms with Crippen LogP contribution in [0.4, 0.5) is 5.69 Å². The summed E-state index contributed by atoms with van der Waals surface area (Å²) >= 11 is 5.61. The third kappa shape index (κ3) is 3.28. The van der Waals surface area contributed by atoms with E-state index in [1.165, 1.54) is 5.56 Å². The van der Waals surface area contributed by atoms with Crippen molar-refractivity contribution >= 4 is 23.4 Å². The average molecular weight is 224 g/mol. The van der Waals surface area contributed by atoms with Crippen LogP contribution in [-0.2, 0) is 5.41 Å². The van der Waals surface area contributed by atoms with Crippen LogP contribution >= 0.6 is 11.6 Å². The molecule has 0 fully saturated rings. The van der Waals surface area contributed by atoms with E-state index in [0.29, 0.717) is 5.88 Å². The van der Waals surface area contributed by atoms with Crippen LogP contribution in [0.3, 0.4) is 0 Å². The van der Waals surface area contributed by atoms with Crippen molar-refractivity contribution < 1.29 is 0 Å². The first-order valence-electron chi connectivity index (χ1n) is 5.07. The van der Waals surface area contributed by atoms with Crippen molar-refractivity contribution in [3.05, 3.63) is 35.4 Å². The van der Waals surface area contributed by atoms with Crippen molar-refractivity contribution in [3.63, 3.8) is 0 Å². The van der Waals surface area contributed by atoms with Gasteiger partial charge in [0.2, 0.25) is 0 Å². The molecule has 0 aromatic heterocycles. The fraction of sp³-hybridized carbons (Fsp3) is 0.385. The number of alkyl halides is 1. The van der Waals surface area contributed by atoms with Gasteiger partial charge in [-0.15, -0.1) is 11.6 Å². The van der Waals surface area contributed by atoms with Crippen molar-refractivity contribution in [3.8, 4) is 0 Å². The van der Waals surface area contributed by atoms with Crippen LogP contribution in [0.2, 0.25) is 0 Å². The van der Waals surface area contributed by atoms with Gasteiger partial charge in [-0.3, -0.25) is 0 Å². The molecule has 0 radical (unpaired) electrons. The highest BCUT2D eigenvalue weighted by Gasteiger charge is 2.13. The number of nitrogens with two attached hydrogens (primary N) is 1. The van der Waals surface area contributed by atoms with Crippen LogP contribution in [0.5, 0.6) is 0 Å². The molecule has 0 aliphatic rings. The molecule has 0 amide bonds. The minimum Gasteiger partial charge on any atom is -0.398 e. The Morgan fingerprint density at radius 2 is 2.00 bits per heavy atom. The summed E-state index contributed by atoms with van der Waals surface area (Å²) in [6, 6.07) is 6.15. The predicted octanol–water partition coefficient (Wildman–Crippen LogP) is 3.82. The van der Waals surface area contributed by atoms with E-state index in [0.717, 1.165) is 11.3 Å². The van der Waals surface area contributed by atoms with Gasteiger partial charge in [-0.05, 0) is 28.7 Å². The van der Waals surface area contributed by atoms with Crippen LogP contribution in [0, 0.1) is 0 Å². The van der Waals surface area contributed by atoms with Crippen LogP contribution < -0.4 is 5.73 Å². The molecular formula is C13H18ClN. The van der Waals surface area contributed by atoms with Gasteiger partial charge in [-0.2, -0.15) is 0 Å². The topological polar surface area (TPSA) is 26.0 Å². The molecule has 1 aromatic rings. The van der Waals surface area contributed by atoms with Gasteiger partial charge >= 0.3 is 0 Å². The molecule has 1 nitrogen and oxygen atoms in total. The number of benzene rings is 1. The molecule has 2 heteroatoms. The molecule has 82 valence electrons. The molecule has 0 bridgehead atoms. The van der Waals surface area contributed by atoms with Crippen molar-refractivity contribution in [2.24, 2.45) is 0 Å². The number of anilines is 1. The average Bonchev–Trinajstić information content (AvgIpc) is 2.15. The van der Waals surface area contributed by atoms with Gasteiger partial charge in [0, 0.05) is 11.6 Å². The highest BCUT2D eigenvalue weighted by Crippen LogP contribution is 2.26. The summed E-state index contributed by atoms with van der Waals surface area (Å²) in [5.74, 6) is 0.513. The molecule has 0 saturated carbocycles. The number of hydrogen-bond acceptors (Lipinski definition) is 1. The first-order valence-corrected chi connectivity index (χ1v) is 5.61. The van der Waals surface area contributed by atoms with Gasteiger partial charge in [0.25, 0.3) is 0 Å². The first kappa shape index (κ1) is 12.1. The molecule has 0 unspecified atom stereocenters. The van der Waals surface area contributed by atoms with Crippen LogP contribution in [-0.4, -0.2) is 5.88 Å². The fourth-order valence-corrected chi connectivity index (χ4v) is 1.45. The molecule has 0 heterocycles. The summed E-state index contributed by atoms with van der Waals surface area (Å²) in [5.41, 5.74) is 9.15. The first-order chi connectivity index (χ1) is 6.95. The smallest absolute Gasteiger partial charge is 0.0407 e. The van der Waals surface area contributed by atoms with E-state index in [9.17, 15) is 0 Å². The van der Waals surface area contributed by atoms with Gasteiger partial charge in [-0.25, -0.2) is 0 Å². The van der Waals surface area contributed by atoms with Crippen molar-refractivity contribution in [1.82, 2.24) is 0 Å². The molecule has 15 heavy (non-hydrogen) atoms. The van der Waals surface area contributed by atoms with Gasteiger partial charge in [0.15, 0.2) is 0 Å². The Morgan fingerprint density at radius 1 is 1.33 bits per heavy atom. The van der Waals surface area contributed by atoms with Gasteiger partial charge < -0.3 is 5.73 Å². The maximum atomic E-state index is 5.88. The number of allylic oxidation sites excluding steroid dienone is 1. The normalized spacial score (nSPS) is 12.3. The molecular weight excluding hydrogens is 206 g/mol. The molecule has 1 rings (SSSR count). The lowest BCUT2D eigenvalue weighted by Crippen LogP contribution is -2.11. The third-order valence-electron chi connectivity index (χ3n) is 2.34. The maximum Gasteiger partial charge on any atom is 0.0407 e. The standard InChI is InChI=1S/C13H18ClN/c1-13(2,3)11-6-7-12(15)10(9-11)5-4-8-14/h4-7,9H,8,15H2,1-3H3. The monoisotopic (exact) mass is 223 g/mol. The van der Waals surface area contributed by atoms with E-state index < -0.39 is 0 Å². The van der Waals surface area contributed by atoms with Crippen LogP contribution in [0.25, 0.3) is 6.08 Å². The number of nitrogen functional groups attached to an aromatic ring is 1. The number of rotatable bonds is 2. The molecule has 1 aromatic carbocycles. The van der Waals surface area contributed by atoms with Crippen molar-refractivity contribution in [1.29, 1.82) is 0 Å². The summed E-state index contributed by atoms with van der Waals surface area (Å²) < 4.78 is 0. The van der Waals surface area contributed by atoms with Gasteiger partial charge in [0.1, 0.15) is 0 Å². The Kier molecular flexibility index (Phi) is 3.81. The zero-order chi connectivity index (χ0) is 11.5. The molecule has 0 spiro atoms. The Bertz CT molecular complexity index is 361. The van der Waals surface area contributed by atoms with Crippen molar-refractivity contribution in [2.75, 3.05) is 11.6 Å². The largest absolute Gasteiger partial charge is 0.398 e. The highest BCUT2D eigenvalue weighted by atomic mass is 35.5. The fourth-order valence-electron chi connectivity index (χ4n) is 1.36. The van der Waals surface area contributed by atoms with E-state index in [4.69, 9.17) is 17.3 Å². The second-order valence-electron chi connectivity index (χ2n) is 4.65. The highest BCUT2D eigenvalue weighted by molar-refractivity contribution is 6.19. The second kappa shape index (κ2) is 4.71. The van der Waals surface area contributed by atoms with Crippen LogP contribution in [0.1, 0.15) is 31.9 Å². The SMILES string of the molecule is CC(C)(C)c1ccc(N)c(C=CCCl)c1. The third-order valence-corrected chi connectivity index (χ3v) is 2.52. The lowest BCUT2D eigenvalue weighted by molar-refractivity contribution is 0.590. The van der Waals surface area contributed by atoms with Gasteiger partial charge in [0.05, 0.1) is 0 Å². The molecule has 0 saturated heterocycles. The molecule has 2 N–H and O–H groups in total. The zero-order valence-corrected chi connectivity index (χ0v) is 10.3. The summed E-state index contributed by atoms with van der Waals surface area (Å²) in [6.45, 7) is 6.56. The van der Waals surface area contributed by atoms with E-state index in [2.05, 4.69) is 32.9 Å². The zero-order valence-electron chi connectivity index (χ0n) is 9.55. The minimum atomic E-state index is 0.150. The lowest BCUT2D eigenvalue weighted by Gasteiger charge is -2.20. The Morgan fingerprint density at radius 3 is 2.53 bits per heavy atom. The van der Waals surface area contributed by atoms with E-state index in [1.54, 1.807) is 0 Å². The molecule has 0 aliphatic heterocycles.